The summed E-state index contributed by atoms with van der Waals surface area (Å²) in [5.41, 5.74) is 1.60. The Morgan fingerprint density at radius 3 is 2.22 bits per heavy atom. The van der Waals surface area contributed by atoms with Crippen molar-refractivity contribution in [1.82, 2.24) is 0 Å². The maximum absolute atomic E-state index is 5.37. The largest absolute Gasteiger partial charge is 0.0933 e. The lowest BCUT2D eigenvalue weighted by molar-refractivity contribution is 0.424. The fraction of sp³-hybridized carbons (Fsp3) is 0.750. The minimum Gasteiger partial charge on any atom is -0.0933 e. The summed E-state index contributed by atoms with van der Waals surface area (Å²) in [5.74, 6) is 1.51. The first-order valence-corrected chi connectivity index (χ1v) is 3.87. The molecule has 0 aromatic heterocycles. The Bertz CT molecular complexity index is 84.6. The third-order valence-electron chi connectivity index (χ3n) is 1.74. The molecule has 1 atom stereocenters. The summed E-state index contributed by atoms with van der Waals surface area (Å²) in [7, 11) is 0. The van der Waals surface area contributed by atoms with E-state index in [1.165, 1.54) is 0 Å². The maximum Gasteiger partial charge on any atom is 0.000256 e. The molecule has 0 spiro atoms. The number of hydrogen-bond acceptors (Lipinski definition) is 0. The molecule has 0 bridgehead atoms. The molecule has 0 aliphatic rings. The van der Waals surface area contributed by atoms with E-state index >= 15 is 0 Å². The molecule has 54 valence electrons. The Morgan fingerprint density at radius 2 is 1.89 bits per heavy atom. The molecule has 0 nitrogen and oxygen atoms in total. The highest BCUT2D eigenvalue weighted by atomic mass is 35.5. The first-order chi connectivity index (χ1) is 4.18. The van der Waals surface area contributed by atoms with Gasteiger partial charge >= 0.3 is 0 Å². The minimum absolute atomic E-state index is 0.750. The number of allylic oxidation sites excluding steroid dienone is 1. The van der Waals surface area contributed by atoms with Crippen molar-refractivity contribution in [2.45, 2.75) is 27.2 Å². The standard InChI is InChI=1S/C8H15Cl/c1-7(2)8(3)5-4-6-9/h4,6-8H,5H2,1-3H3/t8-/m0/s1. The van der Waals surface area contributed by atoms with Gasteiger partial charge in [0.2, 0.25) is 0 Å². The molecule has 0 saturated carbocycles. The zero-order chi connectivity index (χ0) is 7.28. The van der Waals surface area contributed by atoms with Gasteiger partial charge in [-0.3, -0.25) is 0 Å². The van der Waals surface area contributed by atoms with Gasteiger partial charge in [-0.15, -0.1) is 0 Å². The fourth-order valence-electron chi connectivity index (χ4n) is 0.538. The molecule has 0 heterocycles. The van der Waals surface area contributed by atoms with Gasteiger partial charge in [-0.1, -0.05) is 38.4 Å². The molecular weight excluding hydrogens is 132 g/mol. The Hall–Kier alpha value is 0.0300. The van der Waals surface area contributed by atoms with Gasteiger partial charge in [0.1, 0.15) is 0 Å². The molecule has 0 aromatic rings. The summed E-state index contributed by atoms with van der Waals surface area (Å²) >= 11 is 5.37. The van der Waals surface area contributed by atoms with Gasteiger partial charge in [0.15, 0.2) is 0 Å². The van der Waals surface area contributed by atoms with Crippen molar-refractivity contribution in [3.8, 4) is 0 Å². The molecular formula is C8H15Cl. The second-order valence-electron chi connectivity index (χ2n) is 2.82. The van der Waals surface area contributed by atoms with Crippen LogP contribution in [0.2, 0.25) is 0 Å². The van der Waals surface area contributed by atoms with Crippen molar-refractivity contribution in [1.29, 1.82) is 0 Å². The summed E-state index contributed by atoms with van der Waals surface area (Å²) in [5, 5.41) is 0. The molecule has 0 rings (SSSR count). The first kappa shape index (κ1) is 9.03. The predicted octanol–water partition coefficient (Wildman–Crippen LogP) is 3.42. The van der Waals surface area contributed by atoms with Crippen LogP contribution in [0.3, 0.4) is 0 Å². The number of rotatable bonds is 3. The second kappa shape index (κ2) is 4.87. The quantitative estimate of drug-likeness (QED) is 0.573. The molecule has 0 aliphatic carbocycles. The number of hydrogen-bond donors (Lipinski definition) is 0. The molecule has 9 heavy (non-hydrogen) atoms. The highest BCUT2D eigenvalue weighted by Crippen LogP contribution is 2.13. The van der Waals surface area contributed by atoms with E-state index in [4.69, 9.17) is 11.6 Å². The fourth-order valence-corrected chi connectivity index (χ4v) is 0.641. The molecule has 0 amide bonds. The normalized spacial score (nSPS) is 15.2. The highest BCUT2D eigenvalue weighted by Gasteiger charge is 2.02. The molecule has 1 heteroatoms. The van der Waals surface area contributed by atoms with Gasteiger partial charge in [-0.05, 0) is 18.3 Å². The van der Waals surface area contributed by atoms with E-state index in [0.29, 0.717) is 0 Å². The van der Waals surface area contributed by atoms with Crippen LogP contribution >= 0.6 is 11.6 Å². The lowest BCUT2D eigenvalue weighted by Gasteiger charge is -2.11. The van der Waals surface area contributed by atoms with E-state index in [-0.39, 0.29) is 0 Å². The van der Waals surface area contributed by atoms with E-state index in [1.807, 2.05) is 6.08 Å². The molecule has 0 saturated heterocycles. The smallest absolute Gasteiger partial charge is 0.000256 e. The van der Waals surface area contributed by atoms with Crippen LogP contribution in [0.15, 0.2) is 11.6 Å². The zero-order valence-electron chi connectivity index (χ0n) is 6.39. The summed E-state index contributed by atoms with van der Waals surface area (Å²) in [6.07, 6.45) is 3.10. The summed E-state index contributed by atoms with van der Waals surface area (Å²) < 4.78 is 0. The van der Waals surface area contributed by atoms with Crippen molar-refractivity contribution >= 4 is 11.6 Å². The molecule has 0 radical (unpaired) electrons. The van der Waals surface area contributed by atoms with Crippen LogP contribution in [0.5, 0.6) is 0 Å². The van der Waals surface area contributed by atoms with E-state index < -0.39 is 0 Å². The lowest BCUT2D eigenvalue weighted by atomic mass is 9.95. The molecule has 0 unspecified atom stereocenters. The molecule has 0 aromatic carbocycles. The third kappa shape index (κ3) is 4.53. The average Bonchev–Trinajstić information content (AvgIpc) is 1.82. The Balaban J connectivity index is 3.38. The zero-order valence-corrected chi connectivity index (χ0v) is 7.15. The van der Waals surface area contributed by atoms with Gasteiger partial charge in [0.25, 0.3) is 0 Å². The summed E-state index contributed by atoms with van der Waals surface area (Å²) in [6, 6.07) is 0. The Labute approximate surface area is 62.9 Å². The van der Waals surface area contributed by atoms with Gasteiger partial charge < -0.3 is 0 Å². The maximum atomic E-state index is 5.37. The average molecular weight is 147 g/mol. The first-order valence-electron chi connectivity index (χ1n) is 3.43. The Kier molecular flexibility index (Phi) is 4.88. The van der Waals surface area contributed by atoms with Crippen molar-refractivity contribution in [2.75, 3.05) is 0 Å². The van der Waals surface area contributed by atoms with Gasteiger partial charge in [0.05, 0.1) is 0 Å². The van der Waals surface area contributed by atoms with Crippen LogP contribution < -0.4 is 0 Å². The van der Waals surface area contributed by atoms with Gasteiger partial charge in [-0.25, -0.2) is 0 Å². The van der Waals surface area contributed by atoms with Crippen molar-refractivity contribution in [3.63, 3.8) is 0 Å². The van der Waals surface area contributed by atoms with Crippen LogP contribution in [0.25, 0.3) is 0 Å². The van der Waals surface area contributed by atoms with Crippen LogP contribution in [0.1, 0.15) is 27.2 Å². The van der Waals surface area contributed by atoms with Gasteiger partial charge in [0, 0.05) is 5.54 Å². The van der Waals surface area contributed by atoms with Crippen molar-refractivity contribution in [3.05, 3.63) is 11.6 Å². The van der Waals surface area contributed by atoms with Crippen molar-refractivity contribution in [2.24, 2.45) is 11.8 Å². The van der Waals surface area contributed by atoms with Crippen LogP contribution in [-0.2, 0) is 0 Å². The predicted molar refractivity (Wildman–Crippen MR) is 43.6 cm³/mol. The van der Waals surface area contributed by atoms with E-state index in [1.54, 1.807) is 5.54 Å². The lowest BCUT2D eigenvalue weighted by Crippen LogP contribution is -2.01. The molecule has 0 fully saturated rings. The molecule has 0 N–H and O–H groups in total. The summed E-state index contributed by atoms with van der Waals surface area (Å²) in [6.45, 7) is 6.70. The topological polar surface area (TPSA) is 0 Å². The number of halogens is 1. The van der Waals surface area contributed by atoms with Crippen LogP contribution in [0, 0.1) is 11.8 Å². The van der Waals surface area contributed by atoms with Gasteiger partial charge in [-0.2, -0.15) is 0 Å². The summed E-state index contributed by atoms with van der Waals surface area (Å²) in [4.78, 5) is 0. The monoisotopic (exact) mass is 146 g/mol. The highest BCUT2D eigenvalue weighted by molar-refractivity contribution is 6.25. The van der Waals surface area contributed by atoms with Crippen molar-refractivity contribution < 1.29 is 0 Å². The van der Waals surface area contributed by atoms with Crippen LogP contribution in [0.4, 0.5) is 0 Å². The molecule has 0 aliphatic heterocycles. The van der Waals surface area contributed by atoms with E-state index in [0.717, 1.165) is 18.3 Å². The SMILES string of the molecule is CC(C)[C@@H](C)CC=CCl. The second-order valence-corrected chi connectivity index (χ2v) is 3.07. The Morgan fingerprint density at radius 1 is 1.33 bits per heavy atom. The van der Waals surface area contributed by atoms with E-state index in [9.17, 15) is 0 Å². The van der Waals surface area contributed by atoms with Crippen LogP contribution in [-0.4, -0.2) is 0 Å². The third-order valence-corrected chi connectivity index (χ3v) is 1.91. The van der Waals surface area contributed by atoms with E-state index in [2.05, 4.69) is 20.8 Å². The minimum atomic E-state index is 0.750.